The largest absolute Gasteiger partial charge is 0.451 e. The highest BCUT2D eigenvalue weighted by atomic mass is 32.1. The topological polar surface area (TPSA) is 89.8 Å². The first-order valence-electron chi connectivity index (χ1n) is 6.89. The summed E-state index contributed by atoms with van der Waals surface area (Å²) in [5.41, 5.74) is 0.478. The van der Waals surface area contributed by atoms with E-state index in [2.05, 4.69) is 0 Å². The Hall–Kier alpha value is -2.81. The monoisotopic (exact) mass is 352 g/mol. The van der Waals surface area contributed by atoms with Crippen LogP contribution >= 0.6 is 11.3 Å². The molecule has 1 heterocycles. The van der Waals surface area contributed by atoms with E-state index in [0.29, 0.717) is 23.6 Å². The molecule has 0 spiro atoms. The Kier molecular flexibility index (Phi) is 5.59. The second-order valence-corrected chi connectivity index (χ2v) is 5.65. The number of carbonyl (C=O) groups excluding carboxylic acids is 2. The normalized spacial score (nSPS) is 10.2. The maximum atomic E-state index is 12.9. The quantitative estimate of drug-likeness (QED) is 0.453. The third-order valence-electron chi connectivity index (χ3n) is 3.06. The summed E-state index contributed by atoms with van der Waals surface area (Å²) in [5.74, 6) is -1.71. The van der Waals surface area contributed by atoms with Crippen molar-refractivity contribution in [3.63, 3.8) is 0 Å². The molecule has 1 amide bonds. The number of rotatable bonds is 6. The van der Waals surface area contributed by atoms with Crippen molar-refractivity contribution in [2.45, 2.75) is 6.92 Å². The molecule has 0 fully saturated rings. The van der Waals surface area contributed by atoms with Gasteiger partial charge in [-0.1, -0.05) is 11.3 Å². The van der Waals surface area contributed by atoms with Crippen molar-refractivity contribution < 1.29 is 23.6 Å². The number of likely N-dealkylation sites (N-methyl/N-ethyl adjacent to an activating group) is 1. The Morgan fingerprint density at radius 3 is 2.46 bits per heavy atom. The summed E-state index contributed by atoms with van der Waals surface area (Å²) < 4.78 is 17.8. The van der Waals surface area contributed by atoms with Crippen molar-refractivity contribution >= 4 is 33.9 Å². The summed E-state index contributed by atoms with van der Waals surface area (Å²) in [6.45, 7) is 1.52. The van der Waals surface area contributed by atoms with Crippen LogP contribution in [-0.4, -0.2) is 30.0 Å². The van der Waals surface area contributed by atoms with Crippen LogP contribution in [-0.2, 0) is 9.53 Å². The Labute approximate surface area is 140 Å². The molecule has 0 saturated heterocycles. The van der Waals surface area contributed by atoms with Crippen LogP contribution in [0.5, 0.6) is 0 Å². The van der Waals surface area contributed by atoms with Gasteiger partial charge in [0.05, 0.1) is 4.92 Å². The van der Waals surface area contributed by atoms with Crippen LogP contribution in [0.15, 0.2) is 36.4 Å². The summed E-state index contributed by atoms with van der Waals surface area (Å²) in [4.78, 5) is 35.3. The first-order chi connectivity index (χ1) is 11.4. The number of benzene rings is 1. The molecule has 24 heavy (non-hydrogen) atoms. The number of nitro groups is 1. The smallest absolute Gasteiger partial charge is 0.349 e. The number of hydrogen-bond acceptors (Lipinski definition) is 6. The molecule has 0 aliphatic rings. The van der Waals surface area contributed by atoms with Crippen molar-refractivity contribution in [1.82, 2.24) is 0 Å². The number of esters is 1. The van der Waals surface area contributed by atoms with Crippen LogP contribution in [0.3, 0.4) is 0 Å². The fourth-order valence-electron chi connectivity index (χ4n) is 1.94. The van der Waals surface area contributed by atoms with E-state index in [-0.39, 0.29) is 9.88 Å². The number of thiophene rings is 1. The lowest BCUT2D eigenvalue weighted by atomic mass is 10.2. The van der Waals surface area contributed by atoms with E-state index >= 15 is 0 Å². The van der Waals surface area contributed by atoms with Crippen molar-refractivity contribution in [3.8, 4) is 0 Å². The molecule has 126 valence electrons. The van der Waals surface area contributed by atoms with Crippen LogP contribution in [0.4, 0.5) is 15.1 Å². The van der Waals surface area contributed by atoms with Gasteiger partial charge in [-0.25, -0.2) is 9.18 Å². The van der Waals surface area contributed by atoms with Crippen LogP contribution in [0.25, 0.3) is 0 Å². The molecule has 1 aromatic heterocycles. The minimum Gasteiger partial charge on any atom is -0.451 e. The average molecular weight is 352 g/mol. The van der Waals surface area contributed by atoms with Crippen molar-refractivity contribution in [2.24, 2.45) is 0 Å². The van der Waals surface area contributed by atoms with Crippen LogP contribution in [0.2, 0.25) is 0 Å². The summed E-state index contributed by atoms with van der Waals surface area (Å²) in [6.07, 6.45) is 0. The number of anilines is 1. The van der Waals surface area contributed by atoms with E-state index < -0.39 is 29.2 Å². The average Bonchev–Trinajstić information content (AvgIpc) is 3.05. The maximum Gasteiger partial charge on any atom is 0.349 e. The highest BCUT2D eigenvalue weighted by molar-refractivity contribution is 7.17. The molecule has 0 bridgehead atoms. The fraction of sp³-hybridized carbons (Fsp3) is 0.200. The highest BCUT2D eigenvalue weighted by Crippen LogP contribution is 2.24. The first kappa shape index (κ1) is 17.5. The Bertz CT molecular complexity index is 759. The highest BCUT2D eigenvalue weighted by Gasteiger charge is 2.20. The molecule has 0 N–H and O–H groups in total. The molecule has 0 atom stereocenters. The molecule has 9 heteroatoms. The van der Waals surface area contributed by atoms with E-state index in [4.69, 9.17) is 4.74 Å². The van der Waals surface area contributed by atoms with E-state index in [0.717, 1.165) is 0 Å². The van der Waals surface area contributed by atoms with Gasteiger partial charge >= 0.3 is 11.0 Å². The number of carbonyl (C=O) groups is 2. The Balaban J connectivity index is 1.98. The predicted molar refractivity (Wildman–Crippen MR) is 85.7 cm³/mol. The zero-order chi connectivity index (χ0) is 17.7. The summed E-state index contributed by atoms with van der Waals surface area (Å²) in [6, 6.07) is 7.81. The summed E-state index contributed by atoms with van der Waals surface area (Å²) in [5, 5.41) is 10.4. The van der Waals surface area contributed by atoms with Gasteiger partial charge in [0.25, 0.3) is 5.91 Å². The summed E-state index contributed by atoms with van der Waals surface area (Å²) >= 11 is 0.673. The van der Waals surface area contributed by atoms with Gasteiger partial charge in [0.1, 0.15) is 10.7 Å². The molecule has 0 radical (unpaired) electrons. The minimum absolute atomic E-state index is 0.0410. The van der Waals surface area contributed by atoms with Crippen molar-refractivity contribution in [1.29, 1.82) is 0 Å². The molecule has 0 unspecified atom stereocenters. The molecule has 1 aromatic carbocycles. The standard InChI is InChI=1S/C15H13FN2O5S/c1-2-17(11-5-3-10(16)4-6-11)13(19)9-23-15(20)12-7-8-14(24-12)18(21)22/h3-8H,2,9H2,1H3. The maximum absolute atomic E-state index is 12.9. The molecule has 0 saturated carbocycles. The van der Waals surface area contributed by atoms with Gasteiger partial charge in [0.15, 0.2) is 6.61 Å². The van der Waals surface area contributed by atoms with E-state index in [1.165, 1.54) is 41.3 Å². The SMILES string of the molecule is CCN(C(=O)COC(=O)c1ccc([N+](=O)[O-])s1)c1ccc(F)cc1. The Morgan fingerprint density at radius 1 is 1.25 bits per heavy atom. The van der Waals surface area contributed by atoms with Gasteiger partial charge in [-0.15, -0.1) is 0 Å². The molecule has 2 aromatic rings. The Morgan fingerprint density at radius 2 is 1.92 bits per heavy atom. The third kappa shape index (κ3) is 4.13. The second kappa shape index (κ2) is 7.64. The third-order valence-corrected chi connectivity index (χ3v) is 4.07. The van der Waals surface area contributed by atoms with Gasteiger partial charge in [0, 0.05) is 18.3 Å². The summed E-state index contributed by atoms with van der Waals surface area (Å²) in [7, 11) is 0. The van der Waals surface area contributed by atoms with Crippen molar-refractivity contribution in [2.75, 3.05) is 18.1 Å². The number of nitrogens with zero attached hydrogens (tertiary/aromatic N) is 2. The molecule has 7 nitrogen and oxygen atoms in total. The van der Waals surface area contributed by atoms with Gasteiger partial charge in [-0.05, 0) is 37.3 Å². The van der Waals surface area contributed by atoms with E-state index in [1.807, 2.05) is 0 Å². The number of amides is 1. The van der Waals surface area contributed by atoms with Gasteiger partial charge in [-0.3, -0.25) is 14.9 Å². The lowest BCUT2D eigenvalue weighted by Gasteiger charge is -2.20. The van der Waals surface area contributed by atoms with Crippen LogP contribution < -0.4 is 4.90 Å². The number of hydrogen-bond donors (Lipinski definition) is 0. The van der Waals surface area contributed by atoms with Crippen LogP contribution in [0, 0.1) is 15.9 Å². The molecule has 2 rings (SSSR count). The van der Waals surface area contributed by atoms with Gasteiger partial charge in [0.2, 0.25) is 0 Å². The minimum atomic E-state index is -0.809. The van der Waals surface area contributed by atoms with Crippen LogP contribution in [0.1, 0.15) is 16.6 Å². The molecular weight excluding hydrogens is 339 g/mol. The van der Waals surface area contributed by atoms with Crippen molar-refractivity contribution in [3.05, 3.63) is 57.2 Å². The lowest BCUT2D eigenvalue weighted by Crippen LogP contribution is -2.34. The fourth-order valence-corrected chi connectivity index (χ4v) is 2.65. The lowest BCUT2D eigenvalue weighted by molar-refractivity contribution is -0.380. The molecule has 0 aliphatic carbocycles. The van der Waals surface area contributed by atoms with Gasteiger partial charge < -0.3 is 9.64 Å². The molecular formula is C15H13FN2O5S. The van der Waals surface area contributed by atoms with E-state index in [9.17, 15) is 24.1 Å². The van der Waals surface area contributed by atoms with Gasteiger partial charge in [-0.2, -0.15) is 0 Å². The second-order valence-electron chi connectivity index (χ2n) is 4.59. The first-order valence-corrected chi connectivity index (χ1v) is 7.71. The number of ether oxygens (including phenoxy) is 1. The van der Waals surface area contributed by atoms with E-state index in [1.54, 1.807) is 6.92 Å². The zero-order valence-corrected chi connectivity index (χ0v) is 13.4. The zero-order valence-electron chi connectivity index (χ0n) is 12.6. The predicted octanol–water partition coefficient (Wildman–Crippen LogP) is 3.01. The molecule has 0 aliphatic heterocycles. The number of halogens is 1.